The average Bonchev–Trinajstić information content (AvgIpc) is 2.68. The molecule has 2 amide bonds. The van der Waals surface area contributed by atoms with Crippen molar-refractivity contribution in [2.75, 3.05) is 0 Å². The number of rotatable bonds is 5. The van der Waals surface area contributed by atoms with Crippen LogP contribution >= 0.6 is 0 Å². The van der Waals surface area contributed by atoms with Gasteiger partial charge in [0, 0.05) is 12.6 Å². The molecule has 5 nitrogen and oxygen atoms in total. The summed E-state index contributed by atoms with van der Waals surface area (Å²) in [6.45, 7) is -0.251. The lowest BCUT2D eigenvalue weighted by molar-refractivity contribution is -0.124. The first kappa shape index (κ1) is 20.0. The summed E-state index contributed by atoms with van der Waals surface area (Å²) < 4.78 is 66.4. The third kappa shape index (κ3) is 4.47. The van der Waals surface area contributed by atoms with E-state index in [1.165, 1.54) is 35.8 Å². The van der Waals surface area contributed by atoms with Crippen molar-refractivity contribution in [3.63, 3.8) is 0 Å². The fourth-order valence-corrected chi connectivity index (χ4v) is 2.03. The third-order valence-electron chi connectivity index (χ3n) is 3.41. The topological polar surface area (TPSA) is 78.4 Å². The van der Waals surface area contributed by atoms with Gasteiger partial charge in [0.05, 0.1) is 0 Å². The molecule has 0 saturated carbocycles. The highest BCUT2D eigenvalue weighted by molar-refractivity contribution is 5.94. The first-order valence-corrected chi connectivity index (χ1v) is 7.27. The maximum Gasteiger partial charge on any atom is 0.267 e. The van der Waals surface area contributed by atoms with Gasteiger partial charge >= 0.3 is 0 Å². The summed E-state index contributed by atoms with van der Waals surface area (Å²) >= 11 is 0. The second kappa shape index (κ2) is 8.41. The van der Waals surface area contributed by atoms with Gasteiger partial charge in [-0.3, -0.25) is 14.8 Å². The van der Waals surface area contributed by atoms with E-state index in [0.717, 1.165) is 6.08 Å². The van der Waals surface area contributed by atoms with E-state index < -0.39 is 46.5 Å². The Morgan fingerprint density at radius 3 is 1.93 bits per heavy atom. The van der Waals surface area contributed by atoms with E-state index in [1.807, 2.05) is 0 Å². The Hall–Kier alpha value is -3.27. The Morgan fingerprint density at radius 1 is 0.889 bits per heavy atom. The second-order valence-electron chi connectivity index (χ2n) is 5.18. The van der Waals surface area contributed by atoms with Crippen LogP contribution in [0.1, 0.15) is 21.5 Å². The highest BCUT2D eigenvalue weighted by Gasteiger charge is 2.29. The molecular weight excluding hydrogens is 375 g/mol. The summed E-state index contributed by atoms with van der Waals surface area (Å²) in [4.78, 5) is 22.7. The number of halogens is 5. The van der Waals surface area contributed by atoms with Crippen molar-refractivity contribution in [2.45, 2.75) is 6.54 Å². The number of hydrogen-bond acceptors (Lipinski definition) is 3. The van der Waals surface area contributed by atoms with Crippen molar-refractivity contribution in [1.29, 1.82) is 0 Å². The Bertz CT molecular complexity index is 885. The number of hydrogen-bond donors (Lipinski definition) is 3. The number of nitrogens with one attached hydrogen (secondary N) is 2. The van der Waals surface area contributed by atoms with Gasteiger partial charge in [-0.25, -0.2) is 27.4 Å². The van der Waals surface area contributed by atoms with Crippen molar-refractivity contribution in [3.05, 3.63) is 76.1 Å². The van der Waals surface area contributed by atoms with Crippen LogP contribution in [0, 0.1) is 29.1 Å². The predicted molar refractivity (Wildman–Crippen MR) is 82.8 cm³/mol. The van der Waals surface area contributed by atoms with Crippen LogP contribution in [0.25, 0.3) is 6.08 Å². The minimum Gasteiger partial charge on any atom is -0.348 e. The molecular formula is C17H11F5N2O3. The number of hydroxylamine groups is 1. The third-order valence-corrected chi connectivity index (χ3v) is 3.41. The van der Waals surface area contributed by atoms with Crippen molar-refractivity contribution in [2.24, 2.45) is 0 Å². The molecule has 0 aliphatic carbocycles. The Morgan fingerprint density at radius 2 is 1.41 bits per heavy atom. The SMILES string of the molecule is O=C(/C=C/c1ccc(CNC(=O)c2c(F)c(F)c(F)c(F)c2F)cc1)NO. The van der Waals surface area contributed by atoms with Crippen LogP contribution in [-0.2, 0) is 11.3 Å². The average molecular weight is 386 g/mol. The van der Waals surface area contributed by atoms with Gasteiger partial charge in [-0.15, -0.1) is 0 Å². The summed E-state index contributed by atoms with van der Waals surface area (Å²) in [5.74, 6) is -13.4. The molecule has 10 heteroatoms. The van der Waals surface area contributed by atoms with Gasteiger partial charge in [0.2, 0.25) is 5.82 Å². The number of carbonyl (C=O) groups is 2. The van der Waals surface area contributed by atoms with Crippen LogP contribution in [0.2, 0.25) is 0 Å². The molecule has 0 fully saturated rings. The largest absolute Gasteiger partial charge is 0.348 e. The Balaban J connectivity index is 2.11. The maximum atomic E-state index is 13.6. The van der Waals surface area contributed by atoms with Gasteiger partial charge in [-0.05, 0) is 17.2 Å². The lowest BCUT2D eigenvalue weighted by Gasteiger charge is -2.09. The molecule has 0 unspecified atom stereocenters. The van der Waals surface area contributed by atoms with E-state index in [1.54, 1.807) is 0 Å². The summed E-state index contributed by atoms with van der Waals surface area (Å²) in [6, 6.07) is 6.05. The Kier molecular flexibility index (Phi) is 6.24. The summed E-state index contributed by atoms with van der Waals surface area (Å²) in [7, 11) is 0. The molecule has 0 atom stereocenters. The molecule has 0 radical (unpaired) electrons. The fourth-order valence-electron chi connectivity index (χ4n) is 2.03. The van der Waals surface area contributed by atoms with Crippen molar-refractivity contribution in [3.8, 4) is 0 Å². The summed E-state index contributed by atoms with van der Waals surface area (Å²) in [5, 5.41) is 10.4. The van der Waals surface area contributed by atoms with E-state index in [4.69, 9.17) is 5.21 Å². The molecule has 0 aliphatic heterocycles. The number of amides is 2. The minimum atomic E-state index is -2.35. The van der Waals surface area contributed by atoms with E-state index in [9.17, 15) is 31.5 Å². The highest BCUT2D eigenvalue weighted by Crippen LogP contribution is 2.23. The van der Waals surface area contributed by atoms with Crippen LogP contribution in [-0.4, -0.2) is 17.0 Å². The van der Waals surface area contributed by atoms with Gasteiger partial charge in [-0.1, -0.05) is 24.3 Å². The standard InChI is InChI=1S/C17H11F5N2O3/c18-12-11(13(19)15(21)16(22)14(12)20)17(26)23-7-9-3-1-8(2-4-9)5-6-10(25)24-27/h1-6,27H,7H2,(H,23,26)(H,24,25)/b6-5+. The van der Waals surface area contributed by atoms with E-state index in [2.05, 4.69) is 5.32 Å². The molecule has 0 bridgehead atoms. The lowest BCUT2D eigenvalue weighted by Crippen LogP contribution is -2.26. The van der Waals surface area contributed by atoms with Crippen LogP contribution in [0.3, 0.4) is 0 Å². The predicted octanol–water partition coefficient (Wildman–Crippen LogP) is 2.83. The normalized spacial score (nSPS) is 10.9. The van der Waals surface area contributed by atoms with Crippen molar-refractivity contribution >= 4 is 17.9 Å². The molecule has 0 heterocycles. The smallest absolute Gasteiger partial charge is 0.267 e. The van der Waals surface area contributed by atoms with Crippen LogP contribution in [0.5, 0.6) is 0 Å². The first-order chi connectivity index (χ1) is 12.8. The lowest BCUT2D eigenvalue weighted by atomic mass is 10.1. The molecule has 0 aromatic heterocycles. The van der Waals surface area contributed by atoms with E-state index in [-0.39, 0.29) is 6.54 Å². The number of carbonyl (C=O) groups excluding carboxylic acids is 2. The quantitative estimate of drug-likeness (QED) is 0.185. The molecule has 2 rings (SSSR count). The monoisotopic (exact) mass is 386 g/mol. The molecule has 3 N–H and O–H groups in total. The zero-order valence-corrected chi connectivity index (χ0v) is 13.3. The van der Waals surface area contributed by atoms with E-state index >= 15 is 0 Å². The molecule has 0 aliphatic rings. The second-order valence-corrected chi connectivity index (χ2v) is 5.18. The summed E-state index contributed by atoms with van der Waals surface area (Å²) in [6.07, 6.45) is 2.43. The van der Waals surface area contributed by atoms with E-state index in [0.29, 0.717) is 11.1 Å². The minimum absolute atomic E-state index is 0.251. The van der Waals surface area contributed by atoms with Gasteiger partial charge in [0.1, 0.15) is 5.56 Å². The fraction of sp³-hybridized carbons (Fsp3) is 0.0588. The van der Waals surface area contributed by atoms with Crippen LogP contribution in [0.4, 0.5) is 22.0 Å². The number of benzene rings is 2. The van der Waals surface area contributed by atoms with Crippen molar-refractivity contribution in [1.82, 2.24) is 10.8 Å². The van der Waals surface area contributed by atoms with Crippen LogP contribution in [0.15, 0.2) is 30.3 Å². The molecule has 0 saturated heterocycles. The van der Waals surface area contributed by atoms with Crippen molar-refractivity contribution < 1.29 is 36.7 Å². The molecule has 2 aromatic rings. The van der Waals surface area contributed by atoms with Gasteiger partial charge < -0.3 is 5.32 Å². The maximum absolute atomic E-state index is 13.6. The molecule has 0 spiro atoms. The first-order valence-electron chi connectivity index (χ1n) is 7.27. The Labute approximate surface area is 149 Å². The summed E-state index contributed by atoms with van der Waals surface area (Å²) in [5.41, 5.74) is 0.853. The molecule has 142 valence electrons. The zero-order valence-electron chi connectivity index (χ0n) is 13.3. The molecule has 27 heavy (non-hydrogen) atoms. The van der Waals surface area contributed by atoms with Gasteiger partial charge in [0.15, 0.2) is 23.3 Å². The molecule has 2 aromatic carbocycles. The zero-order chi connectivity index (χ0) is 20.1. The van der Waals surface area contributed by atoms with Gasteiger partial charge in [0.25, 0.3) is 11.8 Å². The van der Waals surface area contributed by atoms with Gasteiger partial charge in [-0.2, -0.15) is 0 Å². The highest BCUT2D eigenvalue weighted by atomic mass is 19.2. The van der Waals surface area contributed by atoms with Crippen LogP contribution < -0.4 is 10.8 Å².